The molecule has 4 rings (SSSR count). The van der Waals surface area contributed by atoms with E-state index in [0.29, 0.717) is 35.5 Å². The van der Waals surface area contributed by atoms with Crippen LogP contribution in [0, 0.1) is 23.0 Å². The van der Waals surface area contributed by atoms with Crippen molar-refractivity contribution in [1.29, 1.82) is 0 Å². The minimum Gasteiger partial charge on any atom is -0.506 e. The van der Waals surface area contributed by atoms with Crippen molar-refractivity contribution in [2.45, 2.75) is 71.9 Å². The van der Waals surface area contributed by atoms with Gasteiger partial charge in [0.1, 0.15) is 5.76 Å². The number of carbonyl (C=O) groups is 1. The van der Waals surface area contributed by atoms with Crippen LogP contribution in [0.3, 0.4) is 0 Å². The quantitative estimate of drug-likeness (QED) is 0.188. The summed E-state index contributed by atoms with van der Waals surface area (Å²) in [6, 6.07) is 8.69. The summed E-state index contributed by atoms with van der Waals surface area (Å²) in [5, 5.41) is 22.4. The number of aliphatic hydroxyl groups is 1. The number of fused-ring (bicyclic) bond motifs is 1. The Bertz CT molecular complexity index is 1620. The zero-order valence-corrected chi connectivity index (χ0v) is 25.5. The zero-order chi connectivity index (χ0) is 32.2. The van der Waals surface area contributed by atoms with Gasteiger partial charge in [-0.15, -0.1) is 0 Å². The fraction of sp³-hybridized carbons (Fsp3) is 0.382. The molecule has 0 aromatic heterocycles. The molecule has 2 aromatic carbocycles. The maximum atomic E-state index is 14.1. The molecule has 0 amide bonds. The van der Waals surface area contributed by atoms with Crippen molar-refractivity contribution in [2.24, 2.45) is 5.92 Å². The van der Waals surface area contributed by atoms with Crippen LogP contribution >= 0.6 is 0 Å². The van der Waals surface area contributed by atoms with E-state index in [0.717, 1.165) is 11.6 Å². The highest BCUT2D eigenvalue weighted by molar-refractivity contribution is 6.21. The molecular formula is C34H37F3N2O4. The predicted octanol–water partition coefficient (Wildman–Crippen LogP) is 8.80. The fourth-order valence-corrected chi connectivity index (χ4v) is 5.91. The molecule has 0 bridgehead atoms. The lowest BCUT2D eigenvalue weighted by Gasteiger charge is -2.31. The molecule has 1 heterocycles. The number of nitro groups is 1. The van der Waals surface area contributed by atoms with Crippen molar-refractivity contribution in [2.75, 3.05) is 11.4 Å². The van der Waals surface area contributed by atoms with Crippen LogP contribution in [0.5, 0.6) is 0 Å². The van der Waals surface area contributed by atoms with Gasteiger partial charge in [0.25, 0.3) is 5.69 Å². The van der Waals surface area contributed by atoms with Crippen molar-refractivity contribution in [3.8, 4) is 0 Å². The average Bonchev–Trinajstić information content (AvgIpc) is 3.13. The largest absolute Gasteiger partial charge is 0.506 e. The molecule has 0 radical (unpaired) electrons. The number of hydrogen-bond donors (Lipinski definition) is 1. The fourth-order valence-electron chi connectivity index (χ4n) is 5.91. The number of alkyl halides is 3. The summed E-state index contributed by atoms with van der Waals surface area (Å²) < 4.78 is 42.3. The summed E-state index contributed by atoms with van der Waals surface area (Å²) in [4.78, 5) is 26.1. The number of Topliss-reactive ketones (excluding diaryl/α,β-unsaturated/α-hetero) is 1. The summed E-state index contributed by atoms with van der Waals surface area (Å²) in [6.07, 6.45) is -0.867. The lowest BCUT2D eigenvalue weighted by atomic mass is 9.74. The van der Waals surface area contributed by atoms with E-state index in [1.54, 1.807) is 26.0 Å². The van der Waals surface area contributed by atoms with Gasteiger partial charge in [-0.1, -0.05) is 60.3 Å². The molecule has 0 spiro atoms. The van der Waals surface area contributed by atoms with Crippen LogP contribution in [0.1, 0.15) is 70.2 Å². The third-order valence-electron chi connectivity index (χ3n) is 8.63. The molecule has 1 N–H and O–H groups in total. The summed E-state index contributed by atoms with van der Waals surface area (Å²) in [5.41, 5.74) is 0.358. The molecule has 1 aliphatic carbocycles. The van der Waals surface area contributed by atoms with Gasteiger partial charge >= 0.3 is 6.18 Å². The van der Waals surface area contributed by atoms with Crippen molar-refractivity contribution in [3.05, 3.63) is 116 Å². The summed E-state index contributed by atoms with van der Waals surface area (Å²) in [5.74, 6) is -0.433. The number of non-ortho nitro benzene ring substituents is 1. The molecule has 228 valence electrons. The molecule has 6 nitrogen and oxygen atoms in total. The predicted molar refractivity (Wildman–Crippen MR) is 162 cm³/mol. The number of halogens is 3. The highest BCUT2D eigenvalue weighted by atomic mass is 19.4. The summed E-state index contributed by atoms with van der Waals surface area (Å²) in [7, 11) is 0. The van der Waals surface area contributed by atoms with E-state index in [2.05, 4.69) is 6.58 Å². The molecule has 0 atom stereocenters. The van der Waals surface area contributed by atoms with Crippen molar-refractivity contribution in [3.63, 3.8) is 0 Å². The van der Waals surface area contributed by atoms with Gasteiger partial charge in [-0.2, -0.15) is 13.2 Å². The van der Waals surface area contributed by atoms with Gasteiger partial charge < -0.3 is 10.0 Å². The highest BCUT2D eigenvalue weighted by Gasteiger charge is 2.48. The number of aryl methyl sites for hydroxylation is 1. The molecule has 43 heavy (non-hydrogen) atoms. The molecule has 2 aromatic rings. The molecule has 2 aliphatic rings. The lowest BCUT2D eigenvalue weighted by molar-refractivity contribution is -0.385. The van der Waals surface area contributed by atoms with Gasteiger partial charge in [0.05, 0.1) is 21.6 Å². The van der Waals surface area contributed by atoms with Gasteiger partial charge in [0, 0.05) is 40.9 Å². The number of anilines is 1. The number of carbonyl (C=O) groups excluding carboxylic acids is 1. The molecule has 0 unspecified atom stereocenters. The normalized spacial score (nSPS) is 18.5. The Kier molecular flexibility index (Phi) is 8.02. The van der Waals surface area contributed by atoms with Crippen LogP contribution in [0.15, 0.2) is 83.3 Å². The number of benzene rings is 2. The first-order valence-electron chi connectivity index (χ1n) is 14.2. The topological polar surface area (TPSA) is 83.7 Å². The van der Waals surface area contributed by atoms with E-state index >= 15 is 0 Å². The van der Waals surface area contributed by atoms with Gasteiger partial charge in [0.15, 0.2) is 0 Å². The smallest absolute Gasteiger partial charge is 0.416 e. The zero-order valence-electron chi connectivity index (χ0n) is 25.5. The SMILES string of the molecule is C=C(/C=C1/C(=O)C(/C=C2\N(CCC(C)C)c3cccc(C(F)(F)F)c3C2(C)C)=C1O)C(C)(C)c1cc([N+](=O)[O-])ccc1C. The van der Waals surface area contributed by atoms with Crippen LogP contribution in [0.4, 0.5) is 24.5 Å². The molecule has 1 aliphatic heterocycles. The monoisotopic (exact) mass is 594 g/mol. The Morgan fingerprint density at radius 3 is 2.37 bits per heavy atom. The van der Waals surface area contributed by atoms with Crippen LogP contribution in [0.25, 0.3) is 0 Å². The Labute approximate surface area is 250 Å². The van der Waals surface area contributed by atoms with Crippen LogP contribution < -0.4 is 4.90 Å². The third-order valence-corrected chi connectivity index (χ3v) is 8.63. The third kappa shape index (κ3) is 5.53. The van der Waals surface area contributed by atoms with Crippen molar-refractivity contribution >= 4 is 17.2 Å². The van der Waals surface area contributed by atoms with E-state index in [1.165, 1.54) is 30.4 Å². The van der Waals surface area contributed by atoms with Crippen molar-refractivity contribution < 1.29 is 28.0 Å². The molecule has 0 saturated carbocycles. The number of aliphatic hydroxyl groups excluding tert-OH is 1. The second-order valence-electron chi connectivity index (χ2n) is 12.7. The Morgan fingerprint density at radius 1 is 1.16 bits per heavy atom. The highest BCUT2D eigenvalue weighted by Crippen LogP contribution is 2.53. The standard InChI is InChI=1S/C34H37F3N2O4/c1-19(2)14-15-38-27-11-9-10-25(34(35,36)37)29(27)33(7,8)28(38)18-24-30(40)23(31(24)41)16-21(4)32(5,6)26-17-22(39(42)43)13-12-20(26)3/h9-13,16-19,40H,4,14-15H2,1-3,5-8H3/b23-16+,28-18-. The van der Waals surface area contributed by atoms with Crippen LogP contribution in [0.2, 0.25) is 0 Å². The number of nitrogens with zero attached hydrogens (tertiary/aromatic N) is 2. The van der Waals surface area contributed by atoms with E-state index in [9.17, 15) is 33.2 Å². The Morgan fingerprint density at radius 2 is 1.81 bits per heavy atom. The Hall–Kier alpha value is -4.14. The second kappa shape index (κ2) is 10.8. The number of hydrogen-bond acceptors (Lipinski definition) is 5. The number of nitro benzene ring substituents is 1. The first-order chi connectivity index (χ1) is 19.8. The van der Waals surface area contributed by atoms with Gasteiger partial charge in [-0.05, 0) is 65.8 Å². The van der Waals surface area contributed by atoms with Crippen LogP contribution in [-0.2, 0) is 21.8 Å². The maximum Gasteiger partial charge on any atom is 0.416 e. The van der Waals surface area contributed by atoms with Crippen LogP contribution in [-0.4, -0.2) is 22.4 Å². The molecule has 0 fully saturated rings. The molecule has 0 saturated heterocycles. The second-order valence-corrected chi connectivity index (χ2v) is 12.7. The van der Waals surface area contributed by atoms with Gasteiger partial charge in [-0.25, -0.2) is 0 Å². The summed E-state index contributed by atoms with van der Waals surface area (Å²) in [6.45, 7) is 17.5. The van der Waals surface area contributed by atoms with Gasteiger partial charge in [-0.3, -0.25) is 14.9 Å². The number of ketones is 1. The van der Waals surface area contributed by atoms with E-state index in [1.807, 2.05) is 39.5 Å². The lowest BCUT2D eigenvalue weighted by Crippen LogP contribution is -2.30. The summed E-state index contributed by atoms with van der Waals surface area (Å²) >= 11 is 0. The number of allylic oxidation sites excluding steroid dienone is 6. The first kappa shape index (κ1) is 31.8. The van der Waals surface area contributed by atoms with Crippen molar-refractivity contribution in [1.82, 2.24) is 0 Å². The van der Waals surface area contributed by atoms with E-state index < -0.39 is 33.3 Å². The molecule has 9 heteroatoms. The number of rotatable bonds is 8. The molecular weight excluding hydrogens is 557 g/mol. The first-order valence-corrected chi connectivity index (χ1v) is 14.2. The average molecular weight is 595 g/mol. The Balaban J connectivity index is 1.77. The van der Waals surface area contributed by atoms with Gasteiger partial charge in [0.2, 0.25) is 5.78 Å². The van der Waals surface area contributed by atoms with E-state index in [4.69, 9.17) is 0 Å². The van der Waals surface area contributed by atoms with E-state index in [-0.39, 0.29) is 34.1 Å². The minimum absolute atomic E-state index is 0.0161. The minimum atomic E-state index is -4.56. The maximum absolute atomic E-state index is 14.1.